The summed E-state index contributed by atoms with van der Waals surface area (Å²) in [5.74, 6) is 0.380. The van der Waals surface area contributed by atoms with Crippen molar-refractivity contribution in [2.24, 2.45) is 4.99 Å². The lowest BCUT2D eigenvalue weighted by molar-refractivity contribution is 0.470. The van der Waals surface area contributed by atoms with Gasteiger partial charge in [0.25, 0.3) is 0 Å². The zero-order valence-electron chi connectivity index (χ0n) is 11.0. The van der Waals surface area contributed by atoms with Crippen LogP contribution in [0.4, 0.5) is 5.69 Å². The highest BCUT2D eigenvalue weighted by Crippen LogP contribution is 2.32. The largest absolute Gasteiger partial charge is 0.506 e. The Morgan fingerprint density at radius 1 is 1.00 bits per heavy atom. The van der Waals surface area contributed by atoms with E-state index in [1.54, 1.807) is 6.21 Å². The van der Waals surface area contributed by atoms with E-state index < -0.39 is 0 Å². The summed E-state index contributed by atoms with van der Waals surface area (Å²) in [5, 5.41) is 20.0. The van der Waals surface area contributed by atoms with Gasteiger partial charge in [-0.15, -0.1) is 0 Å². The molecule has 0 spiro atoms. The molecule has 0 aliphatic rings. The van der Waals surface area contributed by atoms with E-state index in [4.69, 9.17) is 0 Å². The number of hydrogen-bond donors (Lipinski definition) is 2. The van der Waals surface area contributed by atoms with E-state index in [2.05, 4.69) is 50.2 Å². The van der Waals surface area contributed by atoms with Crippen LogP contribution in [-0.2, 0) is 0 Å². The van der Waals surface area contributed by atoms with Gasteiger partial charge in [0, 0.05) is 15.3 Å². The Morgan fingerprint density at radius 2 is 1.70 bits per heavy atom. The zero-order chi connectivity index (χ0) is 14.9. The molecule has 0 atom stereocenters. The number of aliphatic imine (C=N–C) groups is 1. The van der Waals surface area contributed by atoms with Gasteiger partial charge in [0.15, 0.2) is 0 Å². The monoisotopic (exact) mass is 493 g/mol. The maximum atomic E-state index is 10.0. The Hall–Kier alpha value is -0.830. The average molecular weight is 493 g/mol. The second kappa shape index (κ2) is 6.30. The molecule has 0 heterocycles. The molecule has 5 heteroatoms. The van der Waals surface area contributed by atoms with Crippen LogP contribution in [0.2, 0.25) is 0 Å². The minimum atomic E-state index is 0.173. The molecule has 2 aromatic rings. The molecule has 20 heavy (non-hydrogen) atoms. The molecule has 0 saturated carbocycles. The van der Waals surface area contributed by atoms with Crippen molar-refractivity contribution in [3.63, 3.8) is 0 Å². The number of phenolic OH excluding ortho intramolecular Hbond substituents is 2. The van der Waals surface area contributed by atoms with E-state index >= 15 is 0 Å². The lowest BCUT2D eigenvalue weighted by Crippen LogP contribution is -1.88. The van der Waals surface area contributed by atoms with Crippen LogP contribution in [0.1, 0.15) is 16.7 Å². The fraction of sp³-hybridized carbons (Fsp3) is 0.133. The first-order valence-electron chi connectivity index (χ1n) is 5.91. The van der Waals surface area contributed by atoms with Gasteiger partial charge < -0.3 is 10.2 Å². The molecular formula is C15H13I2NO2. The SMILES string of the molecule is Cc1cc(C)c(O)c(/N=C/c2cc(I)cc(I)c2O)c1. The Balaban J connectivity index is 2.45. The van der Waals surface area contributed by atoms with Crippen molar-refractivity contribution in [2.75, 3.05) is 0 Å². The molecule has 0 bridgehead atoms. The third-order valence-electron chi connectivity index (χ3n) is 2.83. The van der Waals surface area contributed by atoms with Crippen LogP contribution in [0, 0.1) is 21.0 Å². The summed E-state index contributed by atoms with van der Waals surface area (Å²) in [6.45, 7) is 3.80. The van der Waals surface area contributed by atoms with Gasteiger partial charge in [0.2, 0.25) is 0 Å². The third-order valence-corrected chi connectivity index (χ3v) is 4.27. The first-order valence-corrected chi connectivity index (χ1v) is 8.06. The topological polar surface area (TPSA) is 52.8 Å². The predicted octanol–water partition coefficient (Wildman–Crippen LogP) is 4.67. The summed E-state index contributed by atoms with van der Waals surface area (Å²) in [4.78, 5) is 4.30. The summed E-state index contributed by atoms with van der Waals surface area (Å²) in [5.41, 5.74) is 2.98. The fourth-order valence-corrected chi connectivity index (χ4v) is 3.75. The van der Waals surface area contributed by atoms with Crippen LogP contribution in [0.5, 0.6) is 11.5 Å². The molecular weight excluding hydrogens is 480 g/mol. The molecule has 0 amide bonds. The molecule has 0 unspecified atom stereocenters. The molecule has 2 aromatic carbocycles. The van der Waals surface area contributed by atoms with Gasteiger partial charge in [-0.2, -0.15) is 0 Å². The van der Waals surface area contributed by atoms with Crippen LogP contribution < -0.4 is 0 Å². The number of aromatic hydroxyl groups is 2. The van der Waals surface area contributed by atoms with Crippen molar-refractivity contribution in [3.8, 4) is 11.5 Å². The standard InChI is InChI=1S/C15H13I2NO2/c1-8-3-9(2)14(19)13(4-8)18-7-10-5-11(16)6-12(17)15(10)20/h3-7,19-20H,1-2H3/b18-7+. The minimum Gasteiger partial charge on any atom is -0.506 e. The molecule has 0 aliphatic carbocycles. The number of rotatable bonds is 2. The normalized spacial score (nSPS) is 11.2. The van der Waals surface area contributed by atoms with Crippen molar-refractivity contribution in [1.82, 2.24) is 0 Å². The van der Waals surface area contributed by atoms with Gasteiger partial charge in [-0.05, 0) is 88.4 Å². The lowest BCUT2D eigenvalue weighted by Gasteiger charge is -2.06. The molecule has 0 aliphatic heterocycles. The number of nitrogens with zero attached hydrogens (tertiary/aromatic N) is 1. The van der Waals surface area contributed by atoms with Crippen LogP contribution in [-0.4, -0.2) is 16.4 Å². The predicted molar refractivity (Wildman–Crippen MR) is 98.4 cm³/mol. The number of benzene rings is 2. The highest BCUT2D eigenvalue weighted by atomic mass is 127. The molecule has 3 nitrogen and oxygen atoms in total. The van der Waals surface area contributed by atoms with E-state index in [1.807, 2.05) is 38.1 Å². The van der Waals surface area contributed by atoms with E-state index in [0.29, 0.717) is 11.3 Å². The highest BCUT2D eigenvalue weighted by Gasteiger charge is 2.07. The summed E-state index contributed by atoms with van der Waals surface area (Å²) >= 11 is 4.27. The molecule has 0 aromatic heterocycles. The van der Waals surface area contributed by atoms with Crippen molar-refractivity contribution >= 4 is 57.1 Å². The summed E-state index contributed by atoms with van der Waals surface area (Å²) < 4.78 is 1.80. The van der Waals surface area contributed by atoms with Crippen molar-refractivity contribution < 1.29 is 10.2 Å². The summed E-state index contributed by atoms with van der Waals surface area (Å²) in [7, 11) is 0. The van der Waals surface area contributed by atoms with E-state index in [1.165, 1.54) is 0 Å². The summed E-state index contributed by atoms with van der Waals surface area (Å²) in [6.07, 6.45) is 1.58. The van der Waals surface area contributed by atoms with Crippen molar-refractivity contribution in [1.29, 1.82) is 0 Å². The molecule has 104 valence electrons. The Kier molecular flexibility index (Phi) is 4.90. The second-order valence-corrected chi connectivity index (χ2v) is 6.94. The maximum Gasteiger partial charge on any atom is 0.144 e. The maximum absolute atomic E-state index is 10.0. The quantitative estimate of drug-likeness (QED) is 0.472. The average Bonchev–Trinajstić information content (AvgIpc) is 2.37. The molecule has 0 radical (unpaired) electrons. The van der Waals surface area contributed by atoms with Gasteiger partial charge in [0.05, 0.1) is 3.57 Å². The Labute approximate surface area is 145 Å². The van der Waals surface area contributed by atoms with Crippen molar-refractivity contribution in [2.45, 2.75) is 13.8 Å². The lowest BCUT2D eigenvalue weighted by atomic mass is 10.1. The third kappa shape index (κ3) is 3.43. The Bertz CT molecular complexity index is 637. The van der Waals surface area contributed by atoms with Gasteiger partial charge >= 0.3 is 0 Å². The Morgan fingerprint density at radius 3 is 2.40 bits per heavy atom. The summed E-state index contributed by atoms with van der Waals surface area (Å²) in [6, 6.07) is 7.46. The van der Waals surface area contributed by atoms with Crippen molar-refractivity contribution in [3.05, 3.63) is 48.1 Å². The van der Waals surface area contributed by atoms with E-state index in [9.17, 15) is 10.2 Å². The van der Waals surface area contributed by atoms with Crippen LogP contribution >= 0.6 is 45.2 Å². The first kappa shape index (κ1) is 15.6. The smallest absolute Gasteiger partial charge is 0.144 e. The number of aryl methyl sites for hydroxylation is 2. The number of phenols is 2. The van der Waals surface area contributed by atoms with Gasteiger partial charge in [-0.25, -0.2) is 0 Å². The van der Waals surface area contributed by atoms with E-state index in [-0.39, 0.29) is 11.5 Å². The van der Waals surface area contributed by atoms with E-state index in [0.717, 1.165) is 18.3 Å². The van der Waals surface area contributed by atoms with Gasteiger partial charge in [-0.1, -0.05) is 6.07 Å². The van der Waals surface area contributed by atoms with Crippen LogP contribution in [0.15, 0.2) is 29.3 Å². The van der Waals surface area contributed by atoms with Crippen LogP contribution in [0.3, 0.4) is 0 Å². The molecule has 2 rings (SSSR count). The number of halogens is 2. The molecule has 0 saturated heterocycles. The molecule has 2 N–H and O–H groups in total. The van der Waals surface area contributed by atoms with Gasteiger partial charge in [0.1, 0.15) is 17.2 Å². The fourth-order valence-electron chi connectivity index (χ4n) is 1.86. The highest BCUT2D eigenvalue weighted by molar-refractivity contribution is 14.1. The molecule has 0 fully saturated rings. The number of hydrogen-bond acceptors (Lipinski definition) is 3. The second-order valence-electron chi connectivity index (χ2n) is 4.53. The zero-order valence-corrected chi connectivity index (χ0v) is 15.3. The first-order chi connectivity index (χ1) is 9.38. The minimum absolute atomic E-state index is 0.173. The van der Waals surface area contributed by atoms with Gasteiger partial charge in [-0.3, -0.25) is 4.99 Å². The van der Waals surface area contributed by atoms with Crippen LogP contribution in [0.25, 0.3) is 0 Å².